The first-order valence-corrected chi connectivity index (χ1v) is 5.84. The van der Waals surface area contributed by atoms with Gasteiger partial charge in [-0.25, -0.2) is 0 Å². The third-order valence-corrected chi connectivity index (χ3v) is 2.97. The van der Waals surface area contributed by atoms with Crippen molar-refractivity contribution in [3.63, 3.8) is 0 Å². The quantitative estimate of drug-likeness (QED) is 0.904. The molecule has 0 aliphatic heterocycles. The van der Waals surface area contributed by atoms with Gasteiger partial charge in [0.15, 0.2) is 0 Å². The first-order valence-electron chi connectivity index (χ1n) is 5.46. The van der Waals surface area contributed by atoms with E-state index in [1.807, 2.05) is 30.3 Å². The van der Waals surface area contributed by atoms with Crippen molar-refractivity contribution >= 4 is 11.6 Å². The van der Waals surface area contributed by atoms with Gasteiger partial charge in [-0.2, -0.15) is 0 Å². The first-order chi connectivity index (χ1) is 8.08. The molecule has 0 spiro atoms. The summed E-state index contributed by atoms with van der Waals surface area (Å²) in [5, 5.41) is 11.1. The summed E-state index contributed by atoms with van der Waals surface area (Å²) < 4.78 is 0. The fourth-order valence-electron chi connectivity index (χ4n) is 1.77. The first kappa shape index (κ1) is 12.1. The zero-order chi connectivity index (χ0) is 12.3. The number of benzene rings is 1. The molecule has 0 fully saturated rings. The van der Waals surface area contributed by atoms with Crippen molar-refractivity contribution in [3.05, 3.63) is 64.9 Å². The molecule has 1 N–H and O–H groups in total. The Morgan fingerprint density at radius 3 is 2.47 bits per heavy atom. The fraction of sp³-hybridized carbons (Fsp3) is 0.214. The lowest BCUT2D eigenvalue weighted by Crippen LogP contribution is -2.24. The van der Waals surface area contributed by atoms with Crippen molar-refractivity contribution in [2.75, 3.05) is 0 Å². The van der Waals surface area contributed by atoms with E-state index in [1.54, 1.807) is 25.3 Å². The predicted octanol–water partition coefficient (Wildman–Crippen LogP) is 3.19. The summed E-state index contributed by atoms with van der Waals surface area (Å²) in [6, 6.07) is 12.9. The lowest BCUT2D eigenvalue weighted by molar-refractivity contribution is 0.0566. The Morgan fingerprint density at radius 1 is 1.18 bits per heavy atom. The smallest absolute Gasteiger partial charge is 0.0923 e. The zero-order valence-corrected chi connectivity index (χ0v) is 10.4. The maximum Gasteiger partial charge on any atom is 0.0923 e. The van der Waals surface area contributed by atoms with Crippen molar-refractivity contribution < 1.29 is 5.11 Å². The molecular formula is C14H14ClNO. The van der Waals surface area contributed by atoms with E-state index >= 15 is 0 Å². The van der Waals surface area contributed by atoms with Gasteiger partial charge in [-0.15, -0.1) is 0 Å². The van der Waals surface area contributed by atoms with Gasteiger partial charge in [0, 0.05) is 23.3 Å². The Kier molecular flexibility index (Phi) is 3.46. The minimum Gasteiger partial charge on any atom is -0.385 e. The van der Waals surface area contributed by atoms with Gasteiger partial charge in [0.05, 0.1) is 5.60 Å². The molecule has 2 nitrogen and oxygen atoms in total. The lowest BCUT2D eigenvalue weighted by Gasteiger charge is -2.23. The van der Waals surface area contributed by atoms with E-state index < -0.39 is 5.60 Å². The Hall–Kier alpha value is -1.38. The number of halogens is 1. The summed E-state index contributed by atoms with van der Waals surface area (Å²) >= 11 is 5.83. The summed E-state index contributed by atoms with van der Waals surface area (Å²) in [4.78, 5) is 4.22. The number of nitrogens with zero attached hydrogens (tertiary/aromatic N) is 1. The molecule has 0 saturated carbocycles. The Bertz CT molecular complexity index is 479. The molecule has 0 aliphatic rings. The van der Waals surface area contributed by atoms with Crippen LogP contribution in [-0.4, -0.2) is 10.1 Å². The molecule has 1 atom stereocenters. The molecule has 1 aromatic heterocycles. The molecule has 2 aromatic rings. The number of hydrogen-bond acceptors (Lipinski definition) is 2. The van der Waals surface area contributed by atoms with Gasteiger partial charge >= 0.3 is 0 Å². The topological polar surface area (TPSA) is 33.1 Å². The normalized spacial score (nSPS) is 14.3. The van der Waals surface area contributed by atoms with E-state index in [0.717, 1.165) is 11.3 Å². The summed E-state index contributed by atoms with van der Waals surface area (Å²) in [5.74, 6) is 0. The average molecular weight is 248 g/mol. The van der Waals surface area contributed by atoms with Gasteiger partial charge in [-0.3, -0.25) is 4.98 Å². The van der Waals surface area contributed by atoms with Crippen LogP contribution < -0.4 is 0 Å². The van der Waals surface area contributed by atoms with Crippen LogP contribution in [0.3, 0.4) is 0 Å². The molecule has 3 heteroatoms. The molecule has 17 heavy (non-hydrogen) atoms. The van der Waals surface area contributed by atoms with E-state index in [1.165, 1.54) is 0 Å². The number of aromatic nitrogens is 1. The largest absolute Gasteiger partial charge is 0.385 e. The average Bonchev–Trinajstić information content (AvgIpc) is 2.30. The van der Waals surface area contributed by atoms with Crippen LogP contribution >= 0.6 is 11.6 Å². The highest BCUT2D eigenvalue weighted by atomic mass is 35.5. The van der Waals surface area contributed by atoms with Gasteiger partial charge < -0.3 is 5.11 Å². The van der Waals surface area contributed by atoms with E-state index in [9.17, 15) is 5.11 Å². The number of hydrogen-bond donors (Lipinski definition) is 1. The van der Waals surface area contributed by atoms with Gasteiger partial charge in [0.25, 0.3) is 0 Å². The minimum atomic E-state index is -0.932. The molecule has 0 bridgehead atoms. The van der Waals surface area contributed by atoms with E-state index in [-0.39, 0.29) is 0 Å². The van der Waals surface area contributed by atoms with Crippen LogP contribution in [0, 0.1) is 0 Å². The second-order valence-corrected chi connectivity index (χ2v) is 4.72. The molecule has 0 saturated heterocycles. The van der Waals surface area contributed by atoms with Crippen LogP contribution in [0.15, 0.2) is 48.7 Å². The fourth-order valence-corrected chi connectivity index (χ4v) is 1.89. The van der Waals surface area contributed by atoms with Crippen molar-refractivity contribution in [1.82, 2.24) is 4.98 Å². The Balaban J connectivity index is 2.21. The Labute approximate surface area is 106 Å². The van der Waals surface area contributed by atoms with Gasteiger partial charge in [0.2, 0.25) is 0 Å². The molecule has 1 heterocycles. The van der Waals surface area contributed by atoms with Crippen LogP contribution in [0.25, 0.3) is 0 Å². The summed E-state index contributed by atoms with van der Waals surface area (Å²) in [6.45, 7) is 1.78. The maximum atomic E-state index is 10.4. The van der Waals surface area contributed by atoms with Crippen LogP contribution in [0.4, 0.5) is 0 Å². The second kappa shape index (κ2) is 4.86. The van der Waals surface area contributed by atoms with Crippen molar-refractivity contribution in [3.8, 4) is 0 Å². The number of pyridine rings is 1. The molecule has 0 radical (unpaired) electrons. The SMILES string of the molecule is CC(O)(Cc1ccccn1)c1ccc(Cl)cc1. The van der Waals surface area contributed by atoms with Crippen molar-refractivity contribution in [2.24, 2.45) is 0 Å². The van der Waals surface area contributed by atoms with E-state index in [2.05, 4.69) is 4.98 Å². The summed E-state index contributed by atoms with van der Waals surface area (Å²) in [6.07, 6.45) is 2.21. The molecule has 88 valence electrons. The molecule has 0 amide bonds. The highest BCUT2D eigenvalue weighted by Gasteiger charge is 2.23. The number of rotatable bonds is 3. The van der Waals surface area contributed by atoms with Crippen LogP contribution in [-0.2, 0) is 12.0 Å². The molecule has 1 aromatic carbocycles. The van der Waals surface area contributed by atoms with Crippen LogP contribution in [0.2, 0.25) is 5.02 Å². The molecular weight excluding hydrogens is 234 g/mol. The molecule has 2 rings (SSSR count). The van der Waals surface area contributed by atoms with E-state index in [4.69, 9.17) is 11.6 Å². The van der Waals surface area contributed by atoms with E-state index in [0.29, 0.717) is 11.4 Å². The van der Waals surface area contributed by atoms with Gasteiger partial charge in [-0.1, -0.05) is 29.8 Å². The van der Waals surface area contributed by atoms with Crippen LogP contribution in [0.5, 0.6) is 0 Å². The summed E-state index contributed by atoms with van der Waals surface area (Å²) in [7, 11) is 0. The third-order valence-electron chi connectivity index (χ3n) is 2.72. The lowest BCUT2D eigenvalue weighted by atomic mass is 9.91. The molecule has 1 unspecified atom stereocenters. The second-order valence-electron chi connectivity index (χ2n) is 4.28. The van der Waals surface area contributed by atoms with Crippen molar-refractivity contribution in [1.29, 1.82) is 0 Å². The van der Waals surface area contributed by atoms with Gasteiger partial charge in [-0.05, 0) is 36.8 Å². The van der Waals surface area contributed by atoms with Gasteiger partial charge in [0.1, 0.15) is 0 Å². The summed E-state index contributed by atoms with van der Waals surface area (Å²) in [5.41, 5.74) is 0.777. The monoisotopic (exact) mass is 247 g/mol. The standard InChI is InChI=1S/C14H14ClNO/c1-14(17,10-13-4-2-3-9-16-13)11-5-7-12(15)8-6-11/h2-9,17H,10H2,1H3. The third kappa shape index (κ3) is 3.05. The maximum absolute atomic E-state index is 10.4. The predicted molar refractivity (Wildman–Crippen MR) is 69.0 cm³/mol. The zero-order valence-electron chi connectivity index (χ0n) is 9.60. The van der Waals surface area contributed by atoms with Crippen molar-refractivity contribution in [2.45, 2.75) is 18.9 Å². The highest BCUT2D eigenvalue weighted by molar-refractivity contribution is 6.30. The minimum absolute atomic E-state index is 0.482. The highest BCUT2D eigenvalue weighted by Crippen LogP contribution is 2.25. The Morgan fingerprint density at radius 2 is 1.88 bits per heavy atom. The number of aliphatic hydroxyl groups is 1. The molecule has 0 aliphatic carbocycles. The van der Waals surface area contributed by atoms with Crippen LogP contribution in [0.1, 0.15) is 18.2 Å².